The van der Waals surface area contributed by atoms with Crippen LogP contribution < -0.4 is 0 Å². The van der Waals surface area contributed by atoms with Gasteiger partial charge in [0.2, 0.25) is 0 Å². The van der Waals surface area contributed by atoms with Gasteiger partial charge in [0.1, 0.15) is 5.01 Å². The lowest BCUT2D eigenvalue weighted by Gasteiger charge is -2.01. The summed E-state index contributed by atoms with van der Waals surface area (Å²) in [6.45, 7) is 0. The predicted molar refractivity (Wildman–Crippen MR) is 57.9 cm³/mol. The number of thiazole rings is 1. The topological polar surface area (TPSA) is 50.2 Å². The highest BCUT2D eigenvalue weighted by molar-refractivity contribution is 7.99. The zero-order valence-corrected chi connectivity index (χ0v) is 9.24. The molecule has 14 heavy (non-hydrogen) atoms. The molecule has 1 aromatic heterocycles. The van der Waals surface area contributed by atoms with Crippen LogP contribution in [0.1, 0.15) is 28.0 Å². The van der Waals surface area contributed by atoms with Gasteiger partial charge in [0.15, 0.2) is 0 Å². The summed E-state index contributed by atoms with van der Waals surface area (Å²) in [6.07, 6.45) is 4.25. The van der Waals surface area contributed by atoms with E-state index in [0.717, 1.165) is 9.88 Å². The molecule has 1 aliphatic rings. The maximum Gasteiger partial charge on any atom is 0.308 e. The van der Waals surface area contributed by atoms with Crippen LogP contribution in [0.25, 0.3) is 0 Å². The Morgan fingerprint density at radius 3 is 3.21 bits per heavy atom. The number of rotatable bonds is 3. The molecular formula is C9H11NO2S2. The van der Waals surface area contributed by atoms with Crippen LogP contribution in [0.15, 0.2) is 6.20 Å². The van der Waals surface area contributed by atoms with Gasteiger partial charge in [-0.3, -0.25) is 4.79 Å². The van der Waals surface area contributed by atoms with Crippen LogP contribution in [0.2, 0.25) is 0 Å². The van der Waals surface area contributed by atoms with Crippen molar-refractivity contribution < 1.29 is 9.90 Å². The Balaban J connectivity index is 2.05. The fourth-order valence-corrected chi connectivity index (χ4v) is 3.90. The molecule has 1 aliphatic heterocycles. The summed E-state index contributed by atoms with van der Waals surface area (Å²) in [6, 6.07) is 0. The van der Waals surface area contributed by atoms with E-state index in [1.165, 1.54) is 18.6 Å². The Kier molecular flexibility index (Phi) is 3.08. The molecule has 0 spiro atoms. The van der Waals surface area contributed by atoms with Gasteiger partial charge >= 0.3 is 5.97 Å². The fraction of sp³-hybridized carbons (Fsp3) is 0.556. The molecule has 0 aliphatic carbocycles. The van der Waals surface area contributed by atoms with Crippen LogP contribution in [0.4, 0.5) is 0 Å². The van der Waals surface area contributed by atoms with E-state index in [4.69, 9.17) is 5.11 Å². The van der Waals surface area contributed by atoms with Gasteiger partial charge in [-0.05, 0) is 18.6 Å². The average molecular weight is 229 g/mol. The van der Waals surface area contributed by atoms with Crippen LogP contribution >= 0.6 is 23.1 Å². The average Bonchev–Trinajstić information content (AvgIpc) is 2.69. The third kappa shape index (κ3) is 2.27. The Hall–Kier alpha value is -0.550. The first-order valence-corrected chi connectivity index (χ1v) is 6.40. The van der Waals surface area contributed by atoms with Gasteiger partial charge < -0.3 is 5.11 Å². The van der Waals surface area contributed by atoms with E-state index in [1.807, 2.05) is 11.8 Å². The molecule has 1 unspecified atom stereocenters. The van der Waals surface area contributed by atoms with Crippen molar-refractivity contribution in [2.24, 2.45) is 0 Å². The van der Waals surface area contributed by atoms with Crippen LogP contribution in [-0.2, 0) is 11.2 Å². The molecule has 1 atom stereocenters. The second kappa shape index (κ2) is 4.31. The van der Waals surface area contributed by atoms with Crippen molar-refractivity contribution in [1.82, 2.24) is 4.98 Å². The molecule has 5 heteroatoms. The Bertz CT molecular complexity index is 331. The van der Waals surface area contributed by atoms with Crippen molar-refractivity contribution in [3.05, 3.63) is 16.1 Å². The molecule has 2 heterocycles. The second-order valence-electron chi connectivity index (χ2n) is 3.24. The predicted octanol–water partition coefficient (Wildman–Crippen LogP) is 2.34. The Morgan fingerprint density at radius 1 is 1.71 bits per heavy atom. The maximum atomic E-state index is 10.5. The number of hydrogen-bond donors (Lipinski definition) is 1. The van der Waals surface area contributed by atoms with Gasteiger partial charge in [0.25, 0.3) is 0 Å². The molecule has 0 aromatic carbocycles. The summed E-state index contributed by atoms with van der Waals surface area (Å²) in [5, 5.41) is 10.2. The summed E-state index contributed by atoms with van der Waals surface area (Å²) < 4.78 is 0. The van der Waals surface area contributed by atoms with E-state index >= 15 is 0 Å². The zero-order chi connectivity index (χ0) is 9.97. The smallest absolute Gasteiger partial charge is 0.308 e. The number of aromatic nitrogens is 1. The Morgan fingerprint density at radius 2 is 2.57 bits per heavy atom. The molecule has 3 nitrogen and oxygen atoms in total. The maximum absolute atomic E-state index is 10.5. The highest BCUT2D eigenvalue weighted by Gasteiger charge is 2.20. The standard InChI is InChI=1S/C9H11NO2S2/c11-8(12)4-6-5-10-9(14-6)7-2-1-3-13-7/h5,7H,1-4H2,(H,11,12). The molecule has 0 amide bonds. The number of carboxylic acid groups (broad SMARTS) is 1. The summed E-state index contributed by atoms with van der Waals surface area (Å²) in [5.74, 6) is 0.428. The van der Waals surface area contributed by atoms with E-state index < -0.39 is 5.97 Å². The number of carbonyl (C=O) groups is 1. The van der Waals surface area contributed by atoms with Gasteiger partial charge in [-0.25, -0.2) is 4.98 Å². The van der Waals surface area contributed by atoms with Crippen molar-refractivity contribution in [1.29, 1.82) is 0 Å². The van der Waals surface area contributed by atoms with E-state index in [0.29, 0.717) is 5.25 Å². The fourth-order valence-electron chi connectivity index (χ4n) is 1.47. The molecule has 76 valence electrons. The van der Waals surface area contributed by atoms with Crippen molar-refractivity contribution in [3.8, 4) is 0 Å². The van der Waals surface area contributed by atoms with E-state index in [1.54, 1.807) is 17.5 Å². The molecule has 1 saturated heterocycles. The lowest BCUT2D eigenvalue weighted by molar-refractivity contribution is -0.136. The summed E-state index contributed by atoms with van der Waals surface area (Å²) in [4.78, 5) is 15.6. The van der Waals surface area contributed by atoms with E-state index in [-0.39, 0.29) is 6.42 Å². The number of thioether (sulfide) groups is 1. The minimum atomic E-state index is -0.778. The first-order valence-electron chi connectivity index (χ1n) is 4.53. The van der Waals surface area contributed by atoms with Crippen molar-refractivity contribution in [2.75, 3.05) is 5.75 Å². The van der Waals surface area contributed by atoms with Gasteiger partial charge in [0, 0.05) is 11.1 Å². The van der Waals surface area contributed by atoms with Gasteiger partial charge in [-0.1, -0.05) is 0 Å². The monoisotopic (exact) mass is 229 g/mol. The van der Waals surface area contributed by atoms with Gasteiger partial charge in [-0.2, -0.15) is 11.8 Å². The van der Waals surface area contributed by atoms with Crippen LogP contribution in [-0.4, -0.2) is 21.8 Å². The van der Waals surface area contributed by atoms with Crippen LogP contribution in [0, 0.1) is 0 Å². The summed E-state index contributed by atoms with van der Waals surface area (Å²) in [5.41, 5.74) is 0. The quantitative estimate of drug-likeness (QED) is 0.864. The minimum absolute atomic E-state index is 0.106. The molecule has 0 bridgehead atoms. The number of hydrogen-bond acceptors (Lipinski definition) is 4. The second-order valence-corrected chi connectivity index (χ2v) is 5.69. The summed E-state index contributed by atoms with van der Waals surface area (Å²) in [7, 11) is 0. The van der Waals surface area contributed by atoms with Crippen molar-refractivity contribution >= 4 is 29.1 Å². The molecule has 1 N–H and O–H groups in total. The number of carboxylic acids is 1. The lowest BCUT2D eigenvalue weighted by Crippen LogP contribution is -1.97. The van der Waals surface area contributed by atoms with Crippen molar-refractivity contribution in [2.45, 2.75) is 24.5 Å². The van der Waals surface area contributed by atoms with Crippen LogP contribution in [0.5, 0.6) is 0 Å². The molecule has 2 rings (SSSR count). The van der Waals surface area contributed by atoms with E-state index in [9.17, 15) is 4.79 Å². The number of aliphatic carboxylic acids is 1. The third-order valence-corrected chi connectivity index (χ3v) is 4.75. The number of nitrogens with zero attached hydrogens (tertiary/aromatic N) is 1. The lowest BCUT2D eigenvalue weighted by atomic mass is 10.3. The largest absolute Gasteiger partial charge is 0.481 e. The molecular weight excluding hydrogens is 218 g/mol. The third-order valence-electron chi connectivity index (χ3n) is 2.10. The molecule has 1 fully saturated rings. The van der Waals surface area contributed by atoms with Gasteiger partial charge in [0.05, 0.1) is 11.7 Å². The van der Waals surface area contributed by atoms with Gasteiger partial charge in [-0.15, -0.1) is 11.3 Å². The minimum Gasteiger partial charge on any atom is -0.481 e. The normalized spacial score (nSPS) is 21.3. The zero-order valence-electron chi connectivity index (χ0n) is 7.60. The highest BCUT2D eigenvalue weighted by Crippen LogP contribution is 2.41. The highest BCUT2D eigenvalue weighted by atomic mass is 32.2. The molecule has 0 saturated carbocycles. The first kappa shape index (κ1) is 9.98. The van der Waals surface area contributed by atoms with Crippen molar-refractivity contribution in [3.63, 3.8) is 0 Å². The Labute approximate surface area is 90.6 Å². The van der Waals surface area contributed by atoms with E-state index in [2.05, 4.69) is 4.98 Å². The first-order chi connectivity index (χ1) is 6.75. The van der Waals surface area contributed by atoms with Crippen LogP contribution in [0.3, 0.4) is 0 Å². The molecule has 0 radical (unpaired) electrons. The SMILES string of the molecule is O=C(O)Cc1cnc(C2CCCS2)s1. The summed E-state index contributed by atoms with van der Waals surface area (Å²) >= 11 is 3.47. The molecule has 1 aromatic rings.